The molecule has 2 amide bonds. The number of amides is 2. The number of aromatic nitrogens is 1. The molecular weight excluding hydrogens is 321 g/mol. The monoisotopic (exact) mass is 339 g/mol. The summed E-state index contributed by atoms with van der Waals surface area (Å²) >= 11 is 0. The number of pyridine rings is 1. The number of carbonyl (C=O) groups is 2. The van der Waals surface area contributed by atoms with Crippen molar-refractivity contribution in [2.45, 2.75) is 6.54 Å². The van der Waals surface area contributed by atoms with E-state index in [9.17, 15) is 14.0 Å². The lowest BCUT2D eigenvalue weighted by molar-refractivity contribution is -0.131. The number of fused-ring (bicyclic) bond motifs is 1. The van der Waals surface area contributed by atoms with Crippen LogP contribution in [0.15, 0.2) is 48.8 Å². The molecule has 0 saturated carbocycles. The number of halogens is 1. The Hall–Kier alpha value is -2.76. The van der Waals surface area contributed by atoms with Crippen LogP contribution in [-0.4, -0.2) is 46.2 Å². The highest BCUT2D eigenvalue weighted by Gasteiger charge is 2.47. The van der Waals surface area contributed by atoms with Crippen LogP contribution in [0.1, 0.15) is 15.9 Å². The van der Waals surface area contributed by atoms with Crippen molar-refractivity contribution in [3.8, 4) is 0 Å². The molecule has 2 aliphatic heterocycles. The molecule has 0 N–H and O–H groups in total. The number of hydrogen-bond acceptors (Lipinski definition) is 3. The first-order valence-corrected chi connectivity index (χ1v) is 8.34. The number of hydrogen-bond donors (Lipinski definition) is 0. The largest absolute Gasteiger partial charge is 0.338 e. The zero-order valence-electron chi connectivity index (χ0n) is 13.6. The first kappa shape index (κ1) is 15.7. The van der Waals surface area contributed by atoms with E-state index >= 15 is 0 Å². The van der Waals surface area contributed by atoms with Crippen molar-refractivity contribution >= 4 is 11.8 Å². The Morgan fingerprint density at radius 3 is 2.68 bits per heavy atom. The summed E-state index contributed by atoms with van der Waals surface area (Å²) in [6, 6.07) is 9.71. The Morgan fingerprint density at radius 1 is 1.16 bits per heavy atom. The van der Waals surface area contributed by atoms with Crippen LogP contribution in [0.3, 0.4) is 0 Å². The fraction of sp³-hybridized carbons (Fsp3) is 0.316. The molecular formula is C19H18FN3O2. The molecule has 0 spiro atoms. The van der Waals surface area contributed by atoms with E-state index in [1.54, 1.807) is 40.4 Å². The maximum atomic E-state index is 13.3. The maximum Gasteiger partial charge on any atom is 0.253 e. The Labute approximate surface area is 145 Å². The van der Waals surface area contributed by atoms with Crippen LogP contribution in [0.5, 0.6) is 0 Å². The second kappa shape index (κ2) is 6.27. The van der Waals surface area contributed by atoms with Gasteiger partial charge in [-0.25, -0.2) is 4.39 Å². The van der Waals surface area contributed by atoms with Crippen molar-refractivity contribution < 1.29 is 14.0 Å². The van der Waals surface area contributed by atoms with E-state index in [1.807, 2.05) is 6.07 Å². The molecule has 2 aliphatic rings. The van der Waals surface area contributed by atoms with E-state index in [4.69, 9.17) is 0 Å². The standard InChI is InChI=1S/C19H18FN3O2/c20-16-3-1-2-13(8-16)9-22-10-15-11-23(12-17(15)19(22)25)18(24)14-4-6-21-7-5-14/h1-8,15,17H,9-12H2/t15-,17+/m1/s1. The van der Waals surface area contributed by atoms with Crippen LogP contribution in [0.25, 0.3) is 0 Å². The minimum absolute atomic E-state index is 0.0544. The predicted octanol–water partition coefficient (Wildman–Crippen LogP) is 1.95. The topological polar surface area (TPSA) is 53.5 Å². The highest BCUT2D eigenvalue weighted by atomic mass is 19.1. The SMILES string of the molecule is O=C(c1ccncc1)N1C[C@H]2CN(Cc3cccc(F)c3)C(=O)[C@H]2C1. The summed E-state index contributed by atoms with van der Waals surface area (Å²) in [5, 5.41) is 0. The zero-order chi connectivity index (χ0) is 17.4. The molecule has 1 aromatic carbocycles. The molecule has 128 valence electrons. The third kappa shape index (κ3) is 2.99. The van der Waals surface area contributed by atoms with Crippen molar-refractivity contribution in [1.29, 1.82) is 0 Å². The molecule has 0 unspecified atom stereocenters. The molecule has 6 heteroatoms. The maximum absolute atomic E-state index is 13.3. The van der Waals surface area contributed by atoms with Gasteiger partial charge in [0.1, 0.15) is 5.82 Å². The molecule has 0 aliphatic carbocycles. The molecule has 2 aromatic rings. The molecule has 0 bridgehead atoms. The molecule has 1 aromatic heterocycles. The van der Waals surface area contributed by atoms with E-state index < -0.39 is 0 Å². The molecule has 0 radical (unpaired) electrons. The summed E-state index contributed by atoms with van der Waals surface area (Å²) in [5.74, 6) is -0.301. The summed E-state index contributed by atoms with van der Waals surface area (Å²) in [4.78, 5) is 32.6. The second-order valence-corrected chi connectivity index (χ2v) is 6.66. The first-order valence-electron chi connectivity index (χ1n) is 8.34. The quantitative estimate of drug-likeness (QED) is 0.859. The summed E-state index contributed by atoms with van der Waals surface area (Å²) < 4.78 is 13.3. The second-order valence-electron chi connectivity index (χ2n) is 6.66. The van der Waals surface area contributed by atoms with Gasteiger partial charge < -0.3 is 9.80 Å². The van der Waals surface area contributed by atoms with Crippen LogP contribution in [0.4, 0.5) is 4.39 Å². The van der Waals surface area contributed by atoms with Gasteiger partial charge >= 0.3 is 0 Å². The molecule has 2 fully saturated rings. The molecule has 3 heterocycles. The Morgan fingerprint density at radius 2 is 1.96 bits per heavy atom. The molecule has 25 heavy (non-hydrogen) atoms. The van der Waals surface area contributed by atoms with Gasteiger partial charge in [-0.05, 0) is 29.8 Å². The highest BCUT2D eigenvalue weighted by molar-refractivity contribution is 5.95. The van der Waals surface area contributed by atoms with Crippen molar-refractivity contribution in [3.05, 3.63) is 65.7 Å². The van der Waals surface area contributed by atoms with Crippen molar-refractivity contribution in [3.63, 3.8) is 0 Å². The van der Waals surface area contributed by atoms with Gasteiger partial charge in [0.2, 0.25) is 5.91 Å². The number of nitrogens with zero attached hydrogens (tertiary/aromatic N) is 3. The van der Waals surface area contributed by atoms with Gasteiger partial charge in [-0.15, -0.1) is 0 Å². The molecule has 2 atom stereocenters. The fourth-order valence-electron chi connectivity index (χ4n) is 3.78. The predicted molar refractivity (Wildman–Crippen MR) is 88.9 cm³/mol. The Kier molecular flexibility index (Phi) is 3.95. The van der Waals surface area contributed by atoms with Gasteiger partial charge in [0.05, 0.1) is 5.92 Å². The van der Waals surface area contributed by atoms with E-state index in [1.165, 1.54) is 12.1 Å². The van der Waals surface area contributed by atoms with Crippen LogP contribution >= 0.6 is 0 Å². The normalized spacial score (nSPS) is 22.4. The van der Waals surface area contributed by atoms with E-state index in [0.717, 1.165) is 5.56 Å². The average molecular weight is 339 g/mol. The van der Waals surface area contributed by atoms with Crippen molar-refractivity contribution in [2.24, 2.45) is 11.8 Å². The van der Waals surface area contributed by atoms with E-state index in [0.29, 0.717) is 31.7 Å². The summed E-state index contributed by atoms with van der Waals surface area (Å²) in [5.41, 5.74) is 1.39. The summed E-state index contributed by atoms with van der Waals surface area (Å²) in [7, 11) is 0. The third-order valence-electron chi connectivity index (χ3n) is 5.00. The van der Waals surface area contributed by atoms with Crippen molar-refractivity contribution in [1.82, 2.24) is 14.8 Å². The van der Waals surface area contributed by atoms with Crippen LogP contribution in [0.2, 0.25) is 0 Å². The first-order chi connectivity index (χ1) is 12.1. The molecule has 2 saturated heterocycles. The van der Waals surface area contributed by atoms with Gasteiger partial charge in [0.15, 0.2) is 0 Å². The summed E-state index contributed by atoms with van der Waals surface area (Å²) in [6.45, 7) is 2.06. The minimum Gasteiger partial charge on any atom is -0.338 e. The number of carbonyl (C=O) groups excluding carboxylic acids is 2. The Balaban J connectivity index is 1.42. The van der Waals surface area contributed by atoms with Gasteiger partial charge in [-0.2, -0.15) is 0 Å². The van der Waals surface area contributed by atoms with Gasteiger partial charge in [0, 0.05) is 50.1 Å². The lowest BCUT2D eigenvalue weighted by Gasteiger charge is -2.22. The van der Waals surface area contributed by atoms with Gasteiger partial charge in [0.25, 0.3) is 5.91 Å². The number of likely N-dealkylation sites (tertiary alicyclic amines) is 2. The molecule has 5 nitrogen and oxygen atoms in total. The lowest BCUT2D eigenvalue weighted by atomic mass is 10.0. The van der Waals surface area contributed by atoms with Crippen molar-refractivity contribution in [2.75, 3.05) is 19.6 Å². The lowest BCUT2D eigenvalue weighted by Crippen LogP contribution is -2.35. The summed E-state index contributed by atoms with van der Waals surface area (Å²) in [6.07, 6.45) is 3.19. The number of benzene rings is 1. The van der Waals surface area contributed by atoms with Gasteiger partial charge in [-0.1, -0.05) is 12.1 Å². The van der Waals surface area contributed by atoms with Crippen LogP contribution in [-0.2, 0) is 11.3 Å². The van der Waals surface area contributed by atoms with E-state index in [2.05, 4.69) is 4.98 Å². The Bertz CT molecular complexity index is 811. The van der Waals surface area contributed by atoms with E-state index in [-0.39, 0.29) is 29.5 Å². The number of rotatable bonds is 3. The van der Waals surface area contributed by atoms with Crippen LogP contribution < -0.4 is 0 Å². The average Bonchev–Trinajstić information content (AvgIpc) is 3.15. The minimum atomic E-state index is -0.293. The van der Waals surface area contributed by atoms with Crippen LogP contribution in [0, 0.1) is 17.7 Å². The third-order valence-corrected chi connectivity index (χ3v) is 5.00. The van der Waals surface area contributed by atoms with Gasteiger partial charge in [-0.3, -0.25) is 14.6 Å². The zero-order valence-corrected chi connectivity index (χ0v) is 13.6. The smallest absolute Gasteiger partial charge is 0.253 e. The molecule has 4 rings (SSSR count). The highest BCUT2D eigenvalue weighted by Crippen LogP contribution is 2.33. The fourth-order valence-corrected chi connectivity index (χ4v) is 3.78.